The van der Waals surface area contributed by atoms with Gasteiger partial charge in [-0.1, -0.05) is 6.07 Å². The molecule has 1 aromatic heterocycles. The van der Waals surface area contributed by atoms with Crippen molar-refractivity contribution in [1.82, 2.24) is 10.6 Å². The molecule has 0 saturated carbocycles. The van der Waals surface area contributed by atoms with Crippen LogP contribution < -0.4 is 20.1 Å². The van der Waals surface area contributed by atoms with Crippen LogP contribution in [0, 0.1) is 0 Å². The first-order chi connectivity index (χ1) is 10.8. The van der Waals surface area contributed by atoms with Gasteiger partial charge in [0.05, 0.1) is 19.4 Å². The number of benzene rings is 1. The van der Waals surface area contributed by atoms with E-state index in [1.807, 2.05) is 37.3 Å². The second-order valence-electron chi connectivity index (χ2n) is 4.82. The number of hydrogen-bond donors (Lipinski definition) is 2. The molecule has 1 aliphatic rings. The molecule has 0 fully saturated rings. The molecule has 7 heteroatoms. The van der Waals surface area contributed by atoms with Crippen LogP contribution in [0.4, 0.5) is 0 Å². The quantitative estimate of drug-likeness (QED) is 0.435. The van der Waals surface area contributed by atoms with Gasteiger partial charge in [-0.3, -0.25) is 0 Å². The highest BCUT2D eigenvalue weighted by Gasteiger charge is 2.12. The van der Waals surface area contributed by atoms with Gasteiger partial charge in [0.2, 0.25) is 6.79 Å². The molecule has 0 bridgehead atoms. The lowest BCUT2D eigenvalue weighted by Crippen LogP contribution is -2.36. The average Bonchev–Trinajstić information content (AvgIpc) is 3.20. The Bertz CT molecular complexity index is 644. The molecular weight excluding hydrogens is 409 g/mol. The van der Waals surface area contributed by atoms with Crippen molar-refractivity contribution >= 4 is 29.9 Å². The normalized spacial score (nSPS) is 12.7. The molecule has 23 heavy (non-hydrogen) atoms. The van der Waals surface area contributed by atoms with Crippen LogP contribution in [0.25, 0.3) is 0 Å². The summed E-state index contributed by atoms with van der Waals surface area (Å²) >= 11 is 0. The predicted molar refractivity (Wildman–Crippen MR) is 98.3 cm³/mol. The van der Waals surface area contributed by atoms with Crippen molar-refractivity contribution in [1.29, 1.82) is 0 Å². The molecule has 124 valence electrons. The van der Waals surface area contributed by atoms with E-state index in [0.29, 0.717) is 13.1 Å². The van der Waals surface area contributed by atoms with Crippen molar-refractivity contribution in [3.8, 4) is 11.5 Å². The van der Waals surface area contributed by atoms with Gasteiger partial charge >= 0.3 is 0 Å². The van der Waals surface area contributed by atoms with Crippen LogP contribution in [0.3, 0.4) is 0 Å². The van der Waals surface area contributed by atoms with Gasteiger partial charge in [0.25, 0.3) is 0 Å². The number of furan rings is 1. The lowest BCUT2D eigenvalue weighted by molar-refractivity contribution is 0.174. The number of rotatable bonds is 5. The molecule has 1 aromatic carbocycles. The Labute approximate surface area is 152 Å². The van der Waals surface area contributed by atoms with Crippen molar-refractivity contribution in [2.24, 2.45) is 4.99 Å². The zero-order chi connectivity index (χ0) is 15.2. The second-order valence-corrected chi connectivity index (χ2v) is 4.82. The monoisotopic (exact) mass is 429 g/mol. The summed E-state index contributed by atoms with van der Waals surface area (Å²) in [6.45, 7) is 4.27. The van der Waals surface area contributed by atoms with Gasteiger partial charge in [0.1, 0.15) is 5.76 Å². The Hall–Kier alpha value is -1.90. The highest BCUT2D eigenvalue weighted by atomic mass is 127. The van der Waals surface area contributed by atoms with Crippen LogP contribution in [-0.4, -0.2) is 19.3 Å². The Kier molecular flexibility index (Phi) is 6.57. The summed E-state index contributed by atoms with van der Waals surface area (Å²) in [5.41, 5.74) is 1.07. The van der Waals surface area contributed by atoms with Gasteiger partial charge in [-0.2, -0.15) is 0 Å². The number of ether oxygens (including phenoxy) is 2. The maximum Gasteiger partial charge on any atom is 0.231 e. The number of fused-ring (bicyclic) bond motifs is 1. The third-order valence-corrected chi connectivity index (χ3v) is 3.21. The Morgan fingerprint density at radius 2 is 2.04 bits per heavy atom. The van der Waals surface area contributed by atoms with Gasteiger partial charge in [0, 0.05) is 6.54 Å². The number of hydrogen-bond acceptors (Lipinski definition) is 4. The molecule has 0 amide bonds. The predicted octanol–water partition coefficient (Wildman–Crippen LogP) is 2.88. The molecule has 1 aliphatic heterocycles. The standard InChI is InChI=1S/C16H19N3O3.HI/c1-2-17-16(19-10-13-4-3-7-20-13)18-9-12-5-6-14-15(8-12)22-11-21-14;/h3-8H,2,9-11H2,1H3,(H2,17,18,19);1H. The van der Waals surface area contributed by atoms with E-state index in [2.05, 4.69) is 15.6 Å². The first-order valence-corrected chi connectivity index (χ1v) is 7.28. The van der Waals surface area contributed by atoms with Crippen molar-refractivity contribution < 1.29 is 13.9 Å². The molecule has 6 nitrogen and oxygen atoms in total. The summed E-state index contributed by atoms with van der Waals surface area (Å²) in [4.78, 5) is 4.57. The minimum atomic E-state index is 0. The number of nitrogens with one attached hydrogen (secondary N) is 2. The van der Waals surface area contributed by atoms with E-state index in [-0.39, 0.29) is 30.8 Å². The van der Waals surface area contributed by atoms with Gasteiger partial charge < -0.3 is 24.5 Å². The van der Waals surface area contributed by atoms with Crippen molar-refractivity contribution in [3.05, 3.63) is 47.9 Å². The molecule has 3 rings (SSSR count). The third kappa shape index (κ3) is 4.78. The Balaban J connectivity index is 0.00000192. The minimum absolute atomic E-state index is 0. The highest BCUT2D eigenvalue weighted by molar-refractivity contribution is 14.0. The van der Waals surface area contributed by atoms with E-state index in [1.54, 1.807) is 6.26 Å². The van der Waals surface area contributed by atoms with Crippen molar-refractivity contribution in [3.63, 3.8) is 0 Å². The topological polar surface area (TPSA) is 68.0 Å². The Morgan fingerprint density at radius 3 is 2.83 bits per heavy atom. The van der Waals surface area contributed by atoms with Crippen molar-refractivity contribution in [2.75, 3.05) is 13.3 Å². The van der Waals surface area contributed by atoms with Crippen molar-refractivity contribution in [2.45, 2.75) is 20.0 Å². The van der Waals surface area contributed by atoms with E-state index in [9.17, 15) is 0 Å². The zero-order valence-electron chi connectivity index (χ0n) is 12.9. The molecule has 0 unspecified atom stereocenters. The van der Waals surface area contributed by atoms with Crippen LogP contribution in [0.15, 0.2) is 46.0 Å². The van der Waals surface area contributed by atoms with Crippen LogP contribution in [-0.2, 0) is 13.1 Å². The molecule has 2 aromatic rings. The molecule has 0 aliphatic carbocycles. The molecular formula is C16H20IN3O3. The summed E-state index contributed by atoms with van der Waals surface area (Å²) < 4.78 is 16.0. The zero-order valence-corrected chi connectivity index (χ0v) is 15.2. The van der Waals surface area contributed by atoms with E-state index >= 15 is 0 Å². The summed E-state index contributed by atoms with van der Waals surface area (Å²) in [5, 5.41) is 6.44. The van der Waals surface area contributed by atoms with Crippen LogP contribution >= 0.6 is 24.0 Å². The smallest absolute Gasteiger partial charge is 0.231 e. The number of guanidine groups is 1. The second kappa shape index (κ2) is 8.66. The number of aliphatic imine (C=N–C) groups is 1. The lowest BCUT2D eigenvalue weighted by Gasteiger charge is -2.10. The molecule has 0 spiro atoms. The molecule has 0 atom stereocenters. The molecule has 0 saturated heterocycles. The summed E-state index contributed by atoms with van der Waals surface area (Å²) in [6, 6.07) is 9.66. The van der Waals surface area contributed by atoms with Crippen LogP contribution in [0.1, 0.15) is 18.2 Å². The maximum absolute atomic E-state index is 5.38. The van der Waals surface area contributed by atoms with E-state index < -0.39 is 0 Å². The SMILES string of the molecule is CCNC(=NCc1ccc2c(c1)OCO2)NCc1ccco1.I. The maximum atomic E-state index is 5.38. The summed E-state index contributed by atoms with van der Waals surface area (Å²) in [7, 11) is 0. The fourth-order valence-electron chi connectivity index (χ4n) is 2.14. The number of nitrogens with zero attached hydrogens (tertiary/aromatic N) is 1. The van der Waals surface area contributed by atoms with Gasteiger partial charge in [-0.05, 0) is 36.8 Å². The van der Waals surface area contributed by atoms with E-state index in [1.165, 1.54) is 0 Å². The Morgan fingerprint density at radius 1 is 1.17 bits per heavy atom. The van der Waals surface area contributed by atoms with E-state index in [0.717, 1.165) is 35.3 Å². The highest BCUT2D eigenvalue weighted by Crippen LogP contribution is 2.32. The minimum Gasteiger partial charge on any atom is -0.467 e. The van der Waals surface area contributed by atoms with Crippen LogP contribution in [0.5, 0.6) is 11.5 Å². The summed E-state index contributed by atoms with van der Waals surface area (Å²) in [5.74, 6) is 3.18. The average molecular weight is 429 g/mol. The van der Waals surface area contributed by atoms with E-state index in [4.69, 9.17) is 13.9 Å². The van der Waals surface area contributed by atoms with Gasteiger partial charge in [-0.15, -0.1) is 24.0 Å². The first kappa shape index (κ1) is 17.5. The fourth-order valence-corrected chi connectivity index (χ4v) is 2.14. The molecule has 2 N–H and O–H groups in total. The van der Waals surface area contributed by atoms with Crippen LogP contribution in [0.2, 0.25) is 0 Å². The first-order valence-electron chi connectivity index (χ1n) is 7.28. The van der Waals surface area contributed by atoms with Gasteiger partial charge in [-0.25, -0.2) is 4.99 Å². The number of halogens is 1. The lowest BCUT2D eigenvalue weighted by atomic mass is 10.2. The largest absolute Gasteiger partial charge is 0.467 e. The van der Waals surface area contributed by atoms with Gasteiger partial charge in [0.15, 0.2) is 17.5 Å². The molecule has 2 heterocycles. The third-order valence-electron chi connectivity index (χ3n) is 3.21. The molecule has 0 radical (unpaired) electrons. The summed E-state index contributed by atoms with van der Waals surface area (Å²) in [6.07, 6.45) is 1.66. The fraction of sp³-hybridized carbons (Fsp3) is 0.312.